The molecule has 11 heavy (non-hydrogen) atoms. The lowest BCUT2D eigenvalue weighted by Crippen LogP contribution is -2.33. The highest BCUT2D eigenvalue weighted by molar-refractivity contribution is 6.69. The van der Waals surface area contributed by atoms with Crippen molar-refractivity contribution >= 4 is 8.32 Å². The van der Waals surface area contributed by atoms with E-state index in [0.29, 0.717) is 5.92 Å². The summed E-state index contributed by atoms with van der Waals surface area (Å²) >= 11 is 0. The predicted molar refractivity (Wildman–Crippen MR) is 48.7 cm³/mol. The summed E-state index contributed by atoms with van der Waals surface area (Å²) in [6.07, 6.45) is -0.221. The van der Waals surface area contributed by atoms with Crippen molar-refractivity contribution in [2.45, 2.75) is 39.6 Å². The first-order valence-electron chi connectivity index (χ1n) is 3.94. The summed E-state index contributed by atoms with van der Waals surface area (Å²) < 4.78 is 5.63. The van der Waals surface area contributed by atoms with Crippen LogP contribution in [-0.2, 0) is 4.43 Å². The monoisotopic (exact) mass is 171 g/mol. The molecule has 0 bridgehead atoms. The van der Waals surface area contributed by atoms with Crippen LogP contribution in [0.3, 0.4) is 0 Å². The van der Waals surface area contributed by atoms with Crippen LogP contribution in [0.4, 0.5) is 0 Å². The second-order valence-corrected chi connectivity index (χ2v) is 8.48. The van der Waals surface area contributed by atoms with E-state index in [9.17, 15) is 0 Å². The summed E-state index contributed by atoms with van der Waals surface area (Å²) in [5.41, 5.74) is 0. The normalized spacial score (nSPS) is 14.6. The van der Waals surface area contributed by atoms with E-state index in [2.05, 4.69) is 25.7 Å². The molecule has 2 nitrogen and oxygen atoms in total. The largest absolute Gasteiger partial charge is 0.402 e. The van der Waals surface area contributed by atoms with E-state index in [0.717, 1.165) is 0 Å². The van der Waals surface area contributed by atoms with Gasteiger partial charge in [0, 0.05) is 0 Å². The third kappa shape index (κ3) is 4.99. The highest BCUT2D eigenvalue weighted by Gasteiger charge is 2.22. The van der Waals surface area contributed by atoms with Crippen LogP contribution in [0.1, 0.15) is 13.8 Å². The average molecular weight is 171 g/mol. The average Bonchev–Trinajstić information content (AvgIpc) is 1.80. The Morgan fingerprint density at radius 3 is 1.82 bits per heavy atom. The van der Waals surface area contributed by atoms with Crippen molar-refractivity contribution in [3.8, 4) is 6.07 Å². The SMILES string of the molecule is CC(C)[C@@H](C#N)O[Si](C)(C)C. The van der Waals surface area contributed by atoms with Crippen molar-refractivity contribution in [2.75, 3.05) is 0 Å². The molecular weight excluding hydrogens is 154 g/mol. The summed E-state index contributed by atoms with van der Waals surface area (Å²) in [4.78, 5) is 0. The van der Waals surface area contributed by atoms with Crippen LogP contribution in [0.15, 0.2) is 0 Å². The zero-order valence-electron chi connectivity index (χ0n) is 8.01. The van der Waals surface area contributed by atoms with Gasteiger partial charge in [-0.3, -0.25) is 0 Å². The van der Waals surface area contributed by atoms with E-state index in [-0.39, 0.29) is 6.10 Å². The molecule has 64 valence electrons. The van der Waals surface area contributed by atoms with E-state index in [1.54, 1.807) is 0 Å². The Morgan fingerprint density at radius 1 is 1.27 bits per heavy atom. The first kappa shape index (κ1) is 10.7. The molecule has 0 rings (SSSR count). The van der Waals surface area contributed by atoms with E-state index in [1.807, 2.05) is 13.8 Å². The van der Waals surface area contributed by atoms with Gasteiger partial charge in [-0.05, 0) is 25.6 Å². The lowest BCUT2D eigenvalue weighted by molar-refractivity contribution is 0.197. The van der Waals surface area contributed by atoms with Gasteiger partial charge in [-0.2, -0.15) is 5.26 Å². The van der Waals surface area contributed by atoms with Gasteiger partial charge in [0.15, 0.2) is 8.32 Å². The molecule has 0 fully saturated rings. The Labute approximate surface area is 70.3 Å². The molecule has 0 N–H and O–H groups in total. The minimum absolute atomic E-state index is 0.221. The highest BCUT2D eigenvalue weighted by atomic mass is 28.4. The minimum Gasteiger partial charge on any atom is -0.402 e. The third-order valence-corrected chi connectivity index (χ3v) is 2.17. The van der Waals surface area contributed by atoms with Crippen LogP contribution >= 0.6 is 0 Å². The molecule has 0 spiro atoms. The Morgan fingerprint density at radius 2 is 1.73 bits per heavy atom. The topological polar surface area (TPSA) is 33.0 Å². The zero-order valence-corrected chi connectivity index (χ0v) is 9.01. The van der Waals surface area contributed by atoms with Crippen LogP contribution in [0.2, 0.25) is 19.6 Å². The van der Waals surface area contributed by atoms with Gasteiger partial charge in [0.2, 0.25) is 0 Å². The molecule has 0 saturated heterocycles. The van der Waals surface area contributed by atoms with Gasteiger partial charge in [-0.1, -0.05) is 13.8 Å². The lowest BCUT2D eigenvalue weighted by atomic mass is 10.1. The van der Waals surface area contributed by atoms with Crippen molar-refractivity contribution in [1.82, 2.24) is 0 Å². The summed E-state index contributed by atoms with van der Waals surface area (Å²) in [6, 6.07) is 2.17. The lowest BCUT2D eigenvalue weighted by Gasteiger charge is -2.23. The van der Waals surface area contributed by atoms with Gasteiger partial charge in [0.05, 0.1) is 6.07 Å². The van der Waals surface area contributed by atoms with Crippen molar-refractivity contribution in [3.05, 3.63) is 0 Å². The molecule has 3 heteroatoms. The first-order chi connectivity index (χ1) is 4.87. The maximum atomic E-state index is 8.71. The van der Waals surface area contributed by atoms with Crippen LogP contribution in [-0.4, -0.2) is 14.4 Å². The number of nitriles is 1. The summed E-state index contributed by atoms with van der Waals surface area (Å²) in [5, 5.41) is 8.71. The van der Waals surface area contributed by atoms with Crippen LogP contribution < -0.4 is 0 Å². The molecular formula is C8H17NOSi. The van der Waals surface area contributed by atoms with Gasteiger partial charge in [-0.15, -0.1) is 0 Å². The van der Waals surface area contributed by atoms with Crippen molar-refractivity contribution in [1.29, 1.82) is 5.26 Å². The molecule has 0 aliphatic rings. The molecule has 0 radical (unpaired) electrons. The quantitative estimate of drug-likeness (QED) is 0.611. The molecule has 0 amide bonds. The van der Waals surface area contributed by atoms with Crippen LogP contribution in [0.5, 0.6) is 0 Å². The summed E-state index contributed by atoms with van der Waals surface area (Å²) in [7, 11) is -1.53. The fourth-order valence-corrected chi connectivity index (χ4v) is 1.78. The molecule has 0 aromatic carbocycles. The molecule has 0 heterocycles. The van der Waals surface area contributed by atoms with Gasteiger partial charge in [-0.25, -0.2) is 0 Å². The number of hydrogen-bond acceptors (Lipinski definition) is 2. The molecule has 0 aliphatic carbocycles. The molecule has 0 saturated carbocycles. The van der Waals surface area contributed by atoms with E-state index in [4.69, 9.17) is 9.69 Å². The van der Waals surface area contributed by atoms with Gasteiger partial charge in [0.25, 0.3) is 0 Å². The fourth-order valence-electron chi connectivity index (χ4n) is 0.692. The molecule has 0 aromatic rings. The van der Waals surface area contributed by atoms with Crippen LogP contribution in [0.25, 0.3) is 0 Å². The molecule has 0 aliphatic heterocycles. The third-order valence-electron chi connectivity index (χ3n) is 1.21. The second kappa shape index (κ2) is 3.89. The summed E-state index contributed by atoms with van der Waals surface area (Å²) in [5.74, 6) is 0.298. The Hall–Kier alpha value is -0.333. The minimum atomic E-state index is -1.53. The zero-order chi connectivity index (χ0) is 9.07. The number of rotatable bonds is 3. The van der Waals surface area contributed by atoms with Crippen molar-refractivity contribution in [2.24, 2.45) is 5.92 Å². The maximum Gasteiger partial charge on any atom is 0.185 e. The van der Waals surface area contributed by atoms with E-state index in [1.165, 1.54) is 0 Å². The second-order valence-electron chi connectivity index (χ2n) is 4.02. The van der Waals surface area contributed by atoms with E-state index < -0.39 is 8.32 Å². The van der Waals surface area contributed by atoms with E-state index >= 15 is 0 Å². The number of hydrogen-bond donors (Lipinski definition) is 0. The van der Waals surface area contributed by atoms with Crippen molar-refractivity contribution in [3.63, 3.8) is 0 Å². The van der Waals surface area contributed by atoms with Gasteiger partial charge >= 0.3 is 0 Å². The highest BCUT2D eigenvalue weighted by Crippen LogP contribution is 2.12. The maximum absolute atomic E-state index is 8.71. The smallest absolute Gasteiger partial charge is 0.185 e. The predicted octanol–water partition coefficient (Wildman–Crippen LogP) is 2.39. The Kier molecular flexibility index (Phi) is 3.77. The summed E-state index contributed by atoms with van der Waals surface area (Å²) in [6.45, 7) is 10.3. The standard InChI is InChI=1S/C8H17NOSi/c1-7(2)8(6-9)10-11(3,4)5/h7-8H,1-5H3/t8-/m1/s1. The Bertz CT molecular complexity index is 154. The number of nitrogens with zero attached hydrogens (tertiary/aromatic N) is 1. The molecule has 0 aromatic heterocycles. The van der Waals surface area contributed by atoms with Crippen molar-refractivity contribution < 1.29 is 4.43 Å². The van der Waals surface area contributed by atoms with Crippen LogP contribution in [0, 0.1) is 17.2 Å². The molecule has 0 unspecified atom stereocenters. The first-order valence-corrected chi connectivity index (χ1v) is 7.35. The fraction of sp³-hybridized carbons (Fsp3) is 0.875. The van der Waals surface area contributed by atoms with Gasteiger partial charge in [0.1, 0.15) is 6.10 Å². The Balaban J connectivity index is 4.02. The molecule has 1 atom stereocenters. The van der Waals surface area contributed by atoms with Gasteiger partial charge < -0.3 is 4.43 Å².